The van der Waals surface area contributed by atoms with E-state index < -0.39 is 0 Å². The summed E-state index contributed by atoms with van der Waals surface area (Å²) in [6.07, 6.45) is 3.66. The minimum absolute atomic E-state index is 0. The fourth-order valence-corrected chi connectivity index (χ4v) is 3.25. The van der Waals surface area contributed by atoms with E-state index in [9.17, 15) is 0 Å². The second-order valence-electron chi connectivity index (χ2n) is 6.79. The first-order valence-corrected chi connectivity index (χ1v) is 9.55. The van der Waals surface area contributed by atoms with Crippen LogP contribution in [-0.2, 0) is 0 Å². The molecule has 142 valence electrons. The van der Waals surface area contributed by atoms with Crippen molar-refractivity contribution in [3.63, 3.8) is 0 Å². The van der Waals surface area contributed by atoms with Gasteiger partial charge in [-0.05, 0) is 38.3 Å². The lowest BCUT2D eigenvalue weighted by molar-refractivity contribution is 0.206. The molecule has 5 heteroatoms. The van der Waals surface area contributed by atoms with Crippen LogP contribution >= 0.6 is 24.0 Å². The molecule has 1 fully saturated rings. The molecule has 0 amide bonds. The van der Waals surface area contributed by atoms with Crippen molar-refractivity contribution >= 4 is 29.9 Å². The van der Waals surface area contributed by atoms with Gasteiger partial charge in [-0.3, -0.25) is 4.99 Å². The van der Waals surface area contributed by atoms with Gasteiger partial charge in [0.15, 0.2) is 5.96 Å². The molecule has 0 aliphatic carbocycles. The maximum Gasteiger partial charge on any atom is 0.191 e. The van der Waals surface area contributed by atoms with Crippen molar-refractivity contribution in [1.29, 1.82) is 0 Å². The summed E-state index contributed by atoms with van der Waals surface area (Å²) >= 11 is 0. The van der Waals surface area contributed by atoms with Gasteiger partial charge in [-0.25, -0.2) is 0 Å². The van der Waals surface area contributed by atoms with Gasteiger partial charge in [-0.1, -0.05) is 44.2 Å². The van der Waals surface area contributed by atoms with Gasteiger partial charge < -0.3 is 15.5 Å². The number of nitrogens with zero attached hydrogens (tertiary/aromatic N) is 2. The predicted octanol–water partition coefficient (Wildman–Crippen LogP) is 3.84. The number of hydrogen-bond donors (Lipinski definition) is 2. The largest absolute Gasteiger partial charge is 0.357 e. The molecule has 1 unspecified atom stereocenters. The van der Waals surface area contributed by atoms with E-state index in [2.05, 4.69) is 66.6 Å². The van der Waals surface area contributed by atoms with Crippen LogP contribution < -0.4 is 10.6 Å². The van der Waals surface area contributed by atoms with Crippen LogP contribution in [0, 0.1) is 0 Å². The molecule has 1 aliphatic heterocycles. The fraction of sp³-hybridized carbons (Fsp3) is 0.650. The van der Waals surface area contributed by atoms with Crippen molar-refractivity contribution in [2.75, 3.05) is 32.7 Å². The second kappa shape index (κ2) is 12.5. The van der Waals surface area contributed by atoms with E-state index >= 15 is 0 Å². The average molecular weight is 458 g/mol. The van der Waals surface area contributed by atoms with Crippen LogP contribution in [0.5, 0.6) is 0 Å². The average Bonchev–Trinajstić information content (AvgIpc) is 2.62. The summed E-state index contributed by atoms with van der Waals surface area (Å²) in [5.74, 6) is 1.40. The first kappa shape index (κ1) is 22.2. The van der Waals surface area contributed by atoms with Crippen LogP contribution in [0.2, 0.25) is 0 Å². The Kier molecular flexibility index (Phi) is 11.1. The van der Waals surface area contributed by atoms with E-state index in [1.807, 2.05) is 0 Å². The number of nitrogens with one attached hydrogen (secondary N) is 2. The molecule has 4 nitrogen and oxygen atoms in total. The summed E-state index contributed by atoms with van der Waals surface area (Å²) in [6.45, 7) is 12.0. The fourth-order valence-electron chi connectivity index (χ4n) is 3.25. The molecule has 25 heavy (non-hydrogen) atoms. The number of hydrogen-bond acceptors (Lipinski definition) is 2. The van der Waals surface area contributed by atoms with Crippen molar-refractivity contribution in [2.24, 2.45) is 4.99 Å². The lowest BCUT2D eigenvalue weighted by atomic mass is 10.0. The van der Waals surface area contributed by atoms with Gasteiger partial charge in [-0.15, -0.1) is 24.0 Å². The predicted molar refractivity (Wildman–Crippen MR) is 119 cm³/mol. The number of rotatable bonds is 7. The highest BCUT2D eigenvalue weighted by molar-refractivity contribution is 14.0. The highest BCUT2D eigenvalue weighted by Crippen LogP contribution is 2.15. The molecule has 2 N–H and O–H groups in total. The van der Waals surface area contributed by atoms with E-state index in [0.717, 1.165) is 19.0 Å². The van der Waals surface area contributed by atoms with Gasteiger partial charge in [0.05, 0.1) is 0 Å². The maximum absolute atomic E-state index is 4.82. The van der Waals surface area contributed by atoms with Crippen molar-refractivity contribution in [1.82, 2.24) is 15.5 Å². The highest BCUT2D eigenvalue weighted by Gasteiger charge is 2.19. The van der Waals surface area contributed by atoms with Gasteiger partial charge in [0.25, 0.3) is 0 Å². The molecular formula is C20H35IN4. The molecule has 1 aliphatic rings. The minimum Gasteiger partial charge on any atom is -0.357 e. The lowest BCUT2D eigenvalue weighted by Gasteiger charge is -2.32. The Balaban J connectivity index is 0.00000312. The number of aliphatic imine (C=N–C) groups is 1. The Morgan fingerprint density at radius 3 is 2.48 bits per heavy atom. The standard InChI is InChI=1S/C20H34N4.HI/c1-4-13-24-14-11-19(12-15-24)23-20(21-5-2)22-16-17(3)18-9-7-6-8-10-18;/h6-10,17,19H,4-5,11-16H2,1-3H3,(H2,21,22,23);1H. The molecule has 1 aromatic rings. The zero-order valence-electron chi connectivity index (χ0n) is 16.0. The third-order valence-electron chi connectivity index (χ3n) is 4.70. The van der Waals surface area contributed by atoms with Crippen molar-refractivity contribution in [2.45, 2.75) is 52.0 Å². The van der Waals surface area contributed by atoms with E-state index in [4.69, 9.17) is 4.99 Å². The number of halogens is 1. The van der Waals surface area contributed by atoms with Crippen LogP contribution in [0.4, 0.5) is 0 Å². The van der Waals surface area contributed by atoms with Crippen molar-refractivity contribution in [3.05, 3.63) is 35.9 Å². The van der Waals surface area contributed by atoms with Gasteiger partial charge >= 0.3 is 0 Å². The Morgan fingerprint density at radius 1 is 1.20 bits per heavy atom. The SMILES string of the molecule is CCCN1CCC(NC(=NCC(C)c2ccccc2)NCC)CC1.I. The quantitative estimate of drug-likeness (QED) is 0.371. The zero-order chi connectivity index (χ0) is 17.2. The first-order chi connectivity index (χ1) is 11.7. The molecule has 1 saturated heterocycles. The van der Waals surface area contributed by atoms with Gasteiger partial charge in [0.1, 0.15) is 0 Å². The van der Waals surface area contributed by atoms with Crippen LogP contribution in [0.3, 0.4) is 0 Å². The summed E-state index contributed by atoms with van der Waals surface area (Å²) < 4.78 is 0. The summed E-state index contributed by atoms with van der Waals surface area (Å²) in [4.78, 5) is 7.39. The van der Waals surface area contributed by atoms with Gasteiger partial charge in [-0.2, -0.15) is 0 Å². The Bertz CT molecular complexity index is 484. The summed E-state index contributed by atoms with van der Waals surface area (Å²) in [6, 6.07) is 11.2. The third-order valence-corrected chi connectivity index (χ3v) is 4.70. The summed E-state index contributed by atoms with van der Waals surface area (Å²) in [5, 5.41) is 7.04. The number of benzene rings is 1. The first-order valence-electron chi connectivity index (χ1n) is 9.55. The summed E-state index contributed by atoms with van der Waals surface area (Å²) in [5.41, 5.74) is 1.35. The van der Waals surface area contributed by atoms with Crippen LogP contribution in [0.25, 0.3) is 0 Å². The monoisotopic (exact) mass is 458 g/mol. The molecule has 0 spiro atoms. The normalized spacial score (nSPS) is 17.6. The second-order valence-corrected chi connectivity index (χ2v) is 6.79. The molecule has 1 heterocycles. The molecule has 0 bridgehead atoms. The van der Waals surface area contributed by atoms with E-state index in [1.54, 1.807) is 0 Å². The molecule has 1 aromatic carbocycles. The van der Waals surface area contributed by atoms with Crippen LogP contribution in [-0.4, -0.2) is 49.6 Å². The molecule has 1 atom stereocenters. The topological polar surface area (TPSA) is 39.7 Å². The number of guanidine groups is 1. The van der Waals surface area contributed by atoms with Crippen molar-refractivity contribution < 1.29 is 0 Å². The lowest BCUT2D eigenvalue weighted by Crippen LogP contribution is -2.48. The summed E-state index contributed by atoms with van der Waals surface area (Å²) in [7, 11) is 0. The van der Waals surface area contributed by atoms with E-state index in [1.165, 1.54) is 44.5 Å². The molecule has 0 radical (unpaired) electrons. The van der Waals surface area contributed by atoms with E-state index in [-0.39, 0.29) is 24.0 Å². The molecule has 0 saturated carbocycles. The maximum atomic E-state index is 4.82. The van der Waals surface area contributed by atoms with Crippen LogP contribution in [0.1, 0.15) is 51.5 Å². The number of likely N-dealkylation sites (tertiary alicyclic amines) is 1. The zero-order valence-corrected chi connectivity index (χ0v) is 18.3. The van der Waals surface area contributed by atoms with Crippen molar-refractivity contribution in [3.8, 4) is 0 Å². The smallest absolute Gasteiger partial charge is 0.191 e. The van der Waals surface area contributed by atoms with Crippen LogP contribution in [0.15, 0.2) is 35.3 Å². The molecule has 0 aromatic heterocycles. The molecular weight excluding hydrogens is 423 g/mol. The Labute approximate surface area is 170 Å². The van der Waals surface area contributed by atoms with Gasteiger partial charge in [0.2, 0.25) is 0 Å². The molecule has 2 rings (SSSR count). The van der Waals surface area contributed by atoms with E-state index in [0.29, 0.717) is 12.0 Å². The van der Waals surface area contributed by atoms with Gasteiger partial charge in [0, 0.05) is 38.1 Å². The number of piperidine rings is 1. The third kappa shape index (κ3) is 7.94. The highest BCUT2D eigenvalue weighted by atomic mass is 127. The Hall–Kier alpha value is -0.820. The minimum atomic E-state index is 0. The Morgan fingerprint density at radius 2 is 1.88 bits per heavy atom.